The molecule has 0 amide bonds. The fourth-order valence-electron chi connectivity index (χ4n) is 2.46. The number of rotatable bonds is 4. The molecule has 0 N–H and O–H groups in total. The summed E-state index contributed by atoms with van der Waals surface area (Å²) in [5.74, 6) is 0.802. The van der Waals surface area contributed by atoms with Crippen molar-refractivity contribution in [2.45, 2.75) is 0 Å². The summed E-state index contributed by atoms with van der Waals surface area (Å²) >= 11 is 5.73. The Morgan fingerprint density at radius 2 is 1.19 bits per heavy atom. The molecular weight excluding hydrogens is 280 g/mol. The third-order valence-corrected chi connectivity index (χ3v) is 3.51. The van der Waals surface area contributed by atoms with Gasteiger partial charge in [-0.25, -0.2) is 0 Å². The van der Waals surface area contributed by atoms with E-state index in [-0.39, 0.29) is 6.07 Å². The summed E-state index contributed by atoms with van der Waals surface area (Å²) in [6, 6.07) is 26.8. The van der Waals surface area contributed by atoms with E-state index in [1.54, 1.807) is 0 Å². The van der Waals surface area contributed by atoms with E-state index in [1.165, 1.54) is 11.1 Å². The van der Waals surface area contributed by atoms with Gasteiger partial charge in [0.2, 0.25) is 0 Å². The maximum absolute atomic E-state index is 5.73. The lowest BCUT2D eigenvalue weighted by atomic mass is 9.94. The van der Waals surface area contributed by atoms with Gasteiger partial charge in [-0.1, -0.05) is 84.4 Å². The Hall–Kier alpha value is -2.25. The van der Waals surface area contributed by atoms with Crippen LogP contribution in [-0.4, -0.2) is 6.07 Å². The van der Waals surface area contributed by atoms with Crippen LogP contribution >= 0.6 is 11.6 Å². The first-order valence-corrected chi connectivity index (χ1v) is 7.36. The van der Waals surface area contributed by atoms with E-state index in [4.69, 9.17) is 16.3 Å². The molecule has 0 atom stereocenters. The molecular formula is C19H15ClO. The maximum Gasteiger partial charge on any atom is 0.162 e. The van der Waals surface area contributed by atoms with Gasteiger partial charge in [0.1, 0.15) is 5.75 Å². The molecule has 0 aliphatic carbocycles. The quantitative estimate of drug-likeness (QED) is 0.569. The van der Waals surface area contributed by atoms with Gasteiger partial charge in [0.05, 0.1) is 0 Å². The summed E-state index contributed by atoms with van der Waals surface area (Å²) in [5.41, 5.74) is 4.57. The van der Waals surface area contributed by atoms with Crippen LogP contribution in [0.1, 0.15) is 0 Å². The van der Waals surface area contributed by atoms with E-state index < -0.39 is 0 Å². The van der Waals surface area contributed by atoms with Crippen molar-refractivity contribution >= 4 is 11.6 Å². The summed E-state index contributed by atoms with van der Waals surface area (Å²) < 4.78 is 5.55. The highest BCUT2D eigenvalue weighted by molar-refractivity contribution is 6.17. The first-order chi connectivity index (χ1) is 10.4. The zero-order valence-corrected chi connectivity index (χ0v) is 12.3. The van der Waals surface area contributed by atoms with E-state index >= 15 is 0 Å². The topological polar surface area (TPSA) is 9.23 Å². The second-order valence-electron chi connectivity index (χ2n) is 4.66. The predicted molar refractivity (Wildman–Crippen MR) is 88.7 cm³/mol. The minimum absolute atomic E-state index is 0.143. The molecule has 0 heterocycles. The molecule has 1 nitrogen and oxygen atoms in total. The largest absolute Gasteiger partial charge is 0.477 e. The minimum Gasteiger partial charge on any atom is -0.477 e. The Labute approximate surface area is 129 Å². The Balaban J connectivity index is 2.16. The summed E-state index contributed by atoms with van der Waals surface area (Å²) in [7, 11) is 0. The minimum atomic E-state index is 0.143. The van der Waals surface area contributed by atoms with Gasteiger partial charge in [-0.05, 0) is 22.8 Å². The third kappa shape index (κ3) is 2.93. The van der Waals surface area contributed by atoms with Crippen LogP contribution in [-0.2, 0) is 0 Å². The van der Waals surface area contributed by atoms with Crippen molar-refractivity contribution in [2.75, 3.05) is 6.07 Å². The van der Waals surface area contributed by atoms with Gasteiger partial charge in [0.25, 0.3) is 0 Å². The molecule has 0 radical (unpaired) electrons. The lowest BCUT2D eigenvalue weighted by Crippen LogP contribution is -1.93. The van der Waals surface area contributed by atoms with Crippen LogP contribution in [0.3, 0.4) is 0 Å². The highest BCUT2D eigenvalue weighted by Crippen LogP contribution is 2.37. The van der Waals surface area contributed by atoms with Crippen LogP contribution in [0.4, 0.5) is 0 Å². The number of benzene rings is 3. The Morgan fingerprint density at radius 1 is 0.619 bits per heavy atom. The first kappa shape index (κ1) is 13.7. The van der Waals surface area contributed by atoms with E-state index in [1.807, 2.05) is 42.5 Å². The lowest BCUT2D eigenvalue weighted by Gasteiger charge is -2.13. The molecule has 0 spiro atoms. The van der Waals surface area contributed by atoms with Gasteiger partial charge in [-0.3, -0.25) is 0 Å². The van der Waals surface area contributed by atoms with Crippen molar-refractivity contribution < 1.29 is 4.74 Å². The lowest BCUT2D eigenvalue weighted by molar-refractivity contribution is 0.389. The molecule has 0 fully saturated rings. The summed E-state index contributed by atoms with van der Waals surface area (Å²) in [4.78, 5) is 0. The molecule has 0 unspecified atom stereocenters. The summed E-state index contributed by atoms with van der Waals surface area (Å²) in [5, 5.41) is 0. The molecule has 0 saturated carbocycles. The van der Waals surface area contributed by atoms with Crippen LogP contribution in [0, 0.1) is 0 Å². The van der Waals surface area contributed by atoms with E-state index in [2.05, 4.69) is 36.4 Å². The number of alkyl halides is 1. The molecule has 3 rings (SSSR count). The van der Waals surface area contributed by atoms with Crippen molar-refractivity contribution in [1.82, 2.24) is 0 Å². The average molecular weight is 295 g/mol. The molecule has 0 saturated heterocycles. The van der Waals surface area contributed by atoms with E-state index in [9.17, 15) is 0 Å². The standard InChI is InChI=1S/C19H15ClO/c20-14-21-19-13-7-6-12-18(19)17-11-5-4-10-16(17)15-8-2-1-3-9-15/h1-13H,14H2. The van der Waals surface area contributed by atoms with Crippen LogP contribution in [0.15, 0.2) is 78.9 Å². The average Bonchev–Trinajstić information content (AvgIpc) is 2.57. The van der Waals surface area contributed by atoms with Gasteiger partial charge in [0.15, 0.2) is 6.07 Å². The molecule has 0 aliphatic rings. The molecule has 2 heteroatoms. The van der Waals surface area contributed by atoms with Crippen molar-refractivity contribution in [3.8, 4) is 28.0 Å². The molecule has 3 aromatic carbocycles. The van der Waals surface area contributed by atoms with Crippen LogP contribution in [0.25, 0.3) is 22.3 Å². The Kier molecular flexibility index (Phi) is 4.23. The highest BCUT2D eigenvalue weighted by atomic mass is 35.5. The Bertz CT molecular complexity index is 722. The van der Waals surface area contributed by atoms with Gasteiger partial charge in [0, 0.05) is 5.56 Å². The number of para-hydroxylation sites is 1. The highest BCUT2D eigenvalue weighted by Gasteiger charge is 2.10. The SMILES string of the molecule is ClCOc1ccccc1-c1ccccc1-c1ccccc1. The number of ether oxygens (including phenoxy) is 1. The van der Waals surface area contributed by atoms with Gasteiger partial charge < -0.3 is 4.74 Å². The van der Waals surface area contributed by atoms with Crippen LogP contribution in [0.2, 0.25) is 0 Å². The van der Waals surface area contributed by atoms with Crippen LogP contribution < -0.4 is 4.74 Å². The predicted octanol–water partition coefficient (Wildman–Crippen LogP) is 5.60. The molecule has 21 heavy (non-hydrogen) atoms. The zero-order chi connectivity index (χ0) is 14.5. The molecule has 0 aromatic heterocycles. The van der Waals surface area contributed by atoms with Crippen LogP contribution in [0.5, 0.6) is 5.75 Å². The molecule has 3 aromatic rings. The normalized spacial score (nSPS) is 10.3. The Morgan fingerprint density at radius 3 is 1.90 bits per heavy atom. The molecule has 104 valence electrons. The summed E-state index contributed by atoms with van der Waals surface area (Å²) in [6.07, 6.45) is 0. The fourth-order valence-corrected chi connectivity index (χ4v) is 2.58. The number of hydrogen-bond acceptors (Lipinski definition) is 1. The van der Waals surface area contributed by atoms with Gasteiger partial charge in [-0.2, -0.15) is 0 Å². The van der Waals surface area contributed by atoms with E-state index in [0.29, 0.717) is 0 Å². The summed E-state index contributed by atoms with van der Waals surface area (Å²) in [6.45, 7) is 0. The monoisotopic (exact) mass is 294 g/mol. The number of halogens is 1. The molecule has 0 bridgehead atoms. The van der Waals surface area contributed by atoms with Gasteiger partial charge in [-0.15, -0.1) is 0 Å². The zero-order valence-electron chi connectivity index (χ0n) is 11.5. The smallest absolute Gasteiger partial charge is 0.162 e. The van der Waals surface area contributed by atoms with Gasteiger partial charge >= 0.3 is 0 Å². The van der Waals surface area contributed by atoms with Crippen molar-refractivity contribution in [3.63, 3.8) is 0 Å². The first-order valence-electron chi connectivity index (χ1n) is 6.83. The second kappa shape index (κ2) is 6.47. The fraction of sp³-hybridized carbons (Fsp3) is 0.0526. The number of hydrogen-bond donors (Lipinski definition) is 0. The third-order valence-electron chi connectivity index (χ3n) is 3.40. The second-order valence-corrected chi connectivity index (χ2v) is 4.88. The van der Waals surface area contributed by atoms with Crippen molar-refractivity contribution in [2.24, 2.45) is 0 Å². The maximum atomic E-state index is 5.73. The van der Waals surface area contributed by atoms with Crippen molar-refractivity contribution in [1.29, 1.82) is 0 Å². The van der Waals surface area contributed by atoms with Crippen molar-refractivity contribution in [3.05, 3.63) is 78.9 Å². The molecule has 0 aliphatic heterocycles. The van der Waals surface area contributed by atoms with E-state index in [0.717, 1.165) is 16.9 Å².